The van der Waals surface area contributed by atoms with Gasteiger partial charge >= 0.3 is 0 Å². The summed E-state index contributed by atoms with van der Waals surface area (Å²) in [5, 5.41) is 9.45. The zero-order chi connectivity index (χ0) is 12.1. The van der Waals surface area contributed by atoms with Crippen molar-refractivity contribution in [2.75, 3.05) is 26.8 Å². The van der Waals surface area contributed by atoms with Crippen LogP contribution in [0.25, 0.3) is 0 Å². The van der Waals surface area contributed by atoms with Crippen LogP contribution >= 0.6 is 0 Å². The van der Waals surface area contributed by atoms with Crippen LogP contribution in [0.15, 0.2) is 24.3 Å². The van der Waals surface area contributed by atoms with E-state index in [0.717, 1.165) is 32.2 Å². The number of rotatable bonds is 7. The third kappa shape index (κ3) is 4.36. The van der Waals surface area contributed by atoms with Gasteiger partial charge in [-0.3, -0.25) is 4.90 Å². The summed E-state index contributed by atoms with van der Waals surface area (Å²) in [6.07, 6.45) is 2.73. The van der Waals surface area contributed by atoms with Gasteiger partial charge in [-0.1, -0.05) is 12.1 Å². The Morgan fingerprint density at radius 3 is 2.88 bits per heavy atom. The molecule has 0 atom stereocenters. The highest BCUT2D eigenvalue weighted by Crippen LogP contribution is 2.30. The molecule has 1 aliphatic carbocycles. The Kier molecular flexibility index (Phi) is 4.40. The Hall–Kier alpha value is -1.06. The Morgan fingerprint density at radius 1 is 1.41 bits per heavy atom. The molecule has 0 amide bonds. The van der Waals surface area contributed by atoms with E-state index >= 15 is 0 Å². The first kappa shape index (κ1) is 12.4. The Bertz CT molecular complexity index is 350. The highest BCUT2D eigenvalue weighted by atomic mass is 16.5. The van der Waals surface area contributed by atoms with E-state index in [4.69, 9.17) is 4.74 Å². The van der Waals surface area contributed by atoms with E-state index in [9.17, 15) is 5.11 Å². The standard InChI is InChI=1S/C14H21NO2/c1-17-8-7-15(10-12-5-6-12)11-13-3-2-4-14(16)9-13/h2-4,9,12,16H,5-8,10-11H2,1H3. The summed E-state index contributed by atoms with van der Waals surface area (Å²) in [6.45, 7) is 3.78. The zero-order valence-electron chi connectivity index (χ0n) is 10.4. The lowest BCUT2D eigenvalue weighted by atomic mass is 10.2. The number of hydrogen-bond donors (Lipinski definition) is 1. The summed E-state index contributed by atoms with van der Waals surface area (Å²) < 4.78 is 5.14. The second kappa shape index (κ2) is 6.03. The first-order valence-electron chi connectivity index (χ1n) is 6.27. The van der Waals surface area contributed by atoms with Gasteiger partial charge < -0.3 is 9.84 Å². The fourth-order valence-corrected chi connectivity index (χ4v) is 2.03. The molecule has 1 fully saturated rings. The van der Waals surface area contributed by atoms with E-state index in [1.807, 2.05) is 12.1 Å². The van der Waals surface area contributed by atoms with E-state index in [2.05, 4.69) is 11.0 Å². The van der Waals surface area contributed by atoms with Crippen molar-refractivity contribution in [1.82, 2.24) is 4.90 Å². The number of hydrogen-bond acceptors (Lipinski definition) is 3. The van der Waals surface area contributed by atoms with E-state index in [1.165, 1.54) is 18.4 Å². The summed E-state index contributed by atoms with van der Waals surface area (Å²) in [7, 11) is 1.74. The van der Waals surface area contributed by atoms with Crippen molar-refractivity contribution < 1.29 is 9.84 Å². The van der Waals surface area contributed by atoms with Crippen molar-refractivity contribution in [3.05, 3.63) is 29.8 Å². The van der Waals surface area contributed by atoms with E-state index in [1.54, 1.807) is 13.2 Å². The van der Waals surface area contributed by atoms with Crippen molar-refractivity contribution in [2.24, 2.45) is 5.92 Å². The highest BCUT2D eigenvalue weighted by molar-refractivity contribution is 5.27. The van der Waals surface area contributed by atoms with Crippen LogP contribution < -0.4 is 0 Å². The number of phenolic OH excluding ortho intramolecular Hbond substituents is 1. The van der Waals surface area contributed by atoms with Gasteiger partial charge in [0.15, 0.2) is 0 Å². The summed E-state index contributed by atoms with van der Waals surface area (Å²) in [5.74, 6) is 1.23. The molecule has 3 nitrogen and oxygen atoms in total. The molecule has 1 N–H and O–H groups in total. The minimum absolute atomic E-state index is 0.348. The summed E-state index contributed by atoms with van der Waals surface area (Å²) in [4.78, 5) is 2.41. The van der Waals surface area contributed by atoms with Crippen LogP contribution in [0.2, 0.25) is 0 Å². The molecule has 1 aliphatic rings. The molecule has 0 spiro atoms. The monoisotopic (exact) mass is 235 g/mol. The fourth-order valence-electron chi connectivity index (χ4n) is 2.03. The second-order valence-corrected chi connectivity index (χ2v) is 4.84. The van der Waals surface area contributed by atoms with Gasteiger partial charge in [-0.15, -0.1) is 0 Å². The van der Waals surface area contributed by atoms with Crippen LogP contribution in [-0.4, -0.2) is 36.8 Å². The highest BCUT2D eigenvalue weighted by Gasteiger charge is 2.24. The summed E-state index contributed by atoms with van der Waals surface area (Å²) in [5.41, 5.74) is 1.17. The van der Waals surface area contributed by atoms with Gasteiger partial charge in [-0.25, -0.2) is 0 Å². The molecule has 94 valence electrons. The quantitative estimate of drug-likeness (QED) is 0.787. The van der Waals surface area contributed by atoms with Crippen LogP contribution in [0, 0.1) is 5.92 Å². The molecule has 2 rings (SSSR count). The van der Waals surface area contributed by atoms with Gasteiger partial charge in [-0.2, -0.15) is 0 Å². The molecule has 0 aliphatic heterocycles. The van der Waals surface area contributed by atoms with Gasteiger partial charge in [0.2, 0.25) is 0 Å². The Morgan fingerprint density at radius 2 is 2.24 bits per heavy atom. The summed E-state index contributed by atoms with van der Waals surface area (Å²) in [6, 6.07) is 7.51. The van der Waals surface area contributed by atoms with Gasteiger partial charge in [0, 0.05) is 26.7 Å². The number of nitrogens with zero attached hydrogens (tertiary/aromatic N) is 1. The minimum Gasteiger partial charge on any atom is -0.508 e. The van der Waals surface area contributed by atoms with Crippen molar-refractivity contribution in [2.45, 2.75) is 19.4 Å². The number of aromatic hydroxyl groups is 1. The lowest BCUT2D eigenvalue weighted by Gasteiger charge is -2.21. The lowest BCUT2D eigenvalue weighted by Crippen LogP contribution is -2.29. The Balaban J connectivity index is 1.90. The average molecular weight is 235 g/mol. The predicted octanol–water partition coefficient (Wildman–Crippen LogP) is 2.25. The van der Waals surface area contributed by atoms with Crippen molar-refractivity contribution in [3.8, 4) is 5.75 Å². The van der Waals surface area contributed by atoms with Crippen LogP contribution in [0.4, 0.5) is 0 Å². The molecule has 0 bridgehead atoms. The molecular formula is C14H21NO2. The molecule has 1 aromatic carbocycles. The van der Waals surface area contributed by atoms with Crippen LogP contribution in [0.1, 0.15) is 18.4 Å². The zero-order valence-corrected chi connectivity index (χ0v) is 10.4. The normalized spacial score (nSPS) is 15.4. The molecule has 0 radical (unpaired) electrons. The van der Waals surface area contributed by atoms with E-state index in [-0.39, 0.29) is 0 Å². The molecule has 1 saturated carbocycles. The van der Waals surface area contributed by atoms with Crippen molar-refractivity contribution in [3.63, 3.8) is 0 Å². The lowest BCUT2D eigenvalue weighted by molar-refractivity contribution is 0.141. The maximum Gasteiger partial charge on any atom is 0.115 e. The third-order valence-corrected chi connectivity index (χ3v) is 3.14. The SMILES string of the molecule is COCCN(Cc1cccc(O)c1)CC1CC1. The van der Waals surface area contributed by atoms with Gasteiger partial charge in [-0.05, 0) is 36.5 Å². The van der Waals surface area contributed by atoms with E-state index < -0.39 is 0 Å². The third-order valence-electron chi connectivity index (χ3n) is 3.14. The van der Waals surface area contributed by atoms with Gasteiger partial charge in [0.25, 0.3) is 0 Å². The maximum atomic E-state index is 9.45. The fraction of sp³-hybridized carbons (Fsp3) is 0.571. The first-order valence-corrected chi connectivity index (χ1v) is 6.27. The average Bonchev–Trinajstić information content (AvgIpc) is 3.10. The van der Waals surface area contributed by atoms with Crippen LogP contribution in [-0.2, 0) is 11.3 Å². The first-order chi connectivity index (χ1) is 8.28. The second-order valence-electron chi connectivity index (χ2n) is 4.84. The molecule has 0 saturated heterocycles. The molecular weight excluding hydrogens is 214 g/mol. The number of phenols is 1. The molecule has 0 aromatic heterocycles. The smallest absolute Gasteiger partial charge is 0.115 e. The van der Waals surface area contributed by atoms with Gasteiger partial charge in [0.1, 0.15) is 5.75 Å². The largest absolute Gasteiger partial charge is 0.508 e. The Labute approximate surface area is 103 Å². The number of methoxy groups -OCH3 is 1. The van der Waals surface area contributed by atoms with Crippen LogP contribution in [0.5, 0.6) is 5.75 Å². The molecule has 17 heavy (non-hydrogen) atoms. The molecule has 3 heteroatoms. The summed E-state index contributed by atoms with van der Waals surface area (Å²) >= 11 is 0. The van der Waals surface area contributed by atoms with E-state index in [0.29, 0.717) is 5.75 Å². The maximum absolute atomic E-state index is 9.45. The minimum atomic E-state index is 0.348. The topological polar surface area (TPSA) is 32.7 Å². The van der Waals surface area contributed by atoms with Gasteiger partial charge in [0.05, 0.1) is 6.61 Å². The van der Waals surface area contributed by atoms with Crippen molar-refractivity contribution in [1.29, 1.82) is 0 Å². The van der Waals surface area contributed by atoms with Crippen LogP contribution in [0.3, 0.4) is 0 Å². The molecule has 1 aromatic rings. The van der Waals surface area contributed by atoms with Crippen molar-refractivity contribution >= 4 is 0 Å². The predicted molar refractivity (Wildman–Crippen MR) is 68.0 cm³/mol. The number of ether oxygens (including phenoxy) is 1. The molecule has 0 unspecified atom stereocenters. The molecule has 0 heterocycles. The number of benzene rings is 1.